The molecule has 4 aromatic rings. The molecule has 162 valence electrons. The number of ether oxygens (including phenoxy) is 2. The molecule has 0 radical (unpaired) electrons. The van der Waals surface area contributed by atoms with Crippen LogP contribution in [0.1, 0.15) is 27.9 Å². The number of hydrogen-bond donors (Lipinski definition) is 1. The van der Waals surface area contributed by atoms with E-state index in [1.807, 2.05) is 55.5 Å². The van der Waals surface area contributed by atoms with Crippen LogP contribution in [0.2, 0.25) is 0 Å². The van der Waals surface area contributed by atoms with E-state index in [0.717, 1.165) is 24.0 Å². The molecular weight excluding hydrogens is 402 g/mol. The van der Waals surface area contributed by atoms with E-state index in [2.05, 4.69) is 12.1 Å². The Bertz CT molecular complexity index is 1250. The monoisotopic (exact) mass is 427 g/mol. The van der Waals surface area contributed by atoms with Crippen molar-refractivity contribution in [2.45, 2.75) is 19.8 Å². The highest BCUT2D eigenvalue weighted by molar-refractivity contribution is 6.04. The molecule has 0 aliphatic carbocycles. The van der Waals surface area contributed by atoms with Gasteiger partial charge in [-0.2, -0.15) is 0 Å². The van der Waals surface area contributed by atoms with E-state index in [9.17, 15) is 9.90 Å². The Morgan fingerprint density at radius 2 is 1.78 bits per heavy atom. The van der Waals surface area contributed by atoms with Gasteiger partial charge in [0.1, 0.15) is 0 Å². The van der Waals surface area contributed by atoms with Crippen LogP contribution in [-0.4, -0.2) is 29.8 Å². The largest absolute Gasteiger partial charge is 0.493 e. The second-order valence-corrected chi connectivity index (χ2v) is 7.63. The van der Waals surface area contributed by atoms with Crippen molar-refractivity contribution in [2.24, 2.45) is 0 Å². The molecule has 0 saturated carbocycles. The minimum Gasteiger partial charge on any atom is -0.493 e. The summed E-state index contributed by atoms with van der Waals surface area (Å²) in [6.45, 7) is 2.50. The summed E-state index contributed by atoms with van der Waals surface area (Å²) in [6.07, 6.45) is 1.84. The van der Waals surface area contributed by atoms with Crippen molar-refractivity contribution >= 4 is 16.9 Å². The zero-order valence-electron chi connectivity index (χ0n) is 18.2. The first kappa shape index (κ1) is 21.4. The molecule has 5 nitrogen and oxygen atoms in total. The summed E-state index contributed by atoms with van der Waals surface area (Å²) < 4.78 is 11.5. The lowest BCUT2D eigenvalue weighted by atomic mass is 10.0. The fraction of sp³-hybridized carbons (Fsp3) is 0.185. The summed E-state index contributed by atoms with van der Waals surface area (Å²) >= 11 is 0. The third kappa shape index (κ3) is 4.57. The minimum atomic E-state index is -0.977. The zero-order valence-corrected chi connectivity index (χ0v) is 18.2. The summed E-state index contributed by atoms with van der Waals surface area (Å²) in [4.78, 5) is 16.6. The molecule has 4 rings (SSSR count). The van der Waals surface area contributed by atoms with Gasteiger partial charge in [0.2, 0.25) is 0 Å². The molecule has 0 aliphatic heterocycles. The lowest BCUT2D eigenvalue weighted by Gasteiger charge is -2.13. The minimum absolute atomic E-state index is 0.230. The number of carboxylic acid groups (broad SMARTS) is 1. The number of hydrogen-bond acceptors (Lipinski definition) is 4. The summed E-state index contributed by atoms with van der Waals surface area (Å²) in [5.74, 6) is 0.264. The van der Waals surface area contributed by atoms with E-state index in [-0.39, 0.29) is 5.56 Å². The van der Waals surface area contributed by atoms with E-state index in [1.54, 1.807) is 19.2 Å². The predicted octanol–water partition coefficient (Wildman–Crippen LogP) is 5.93. The van der Waals surface area contributed by atoms with Gasteiger partial charge in [-0.15, -0.1) is 0 Å². The molecule has 0 bridgehead atoms. The van der Waals surface area contributed by atoms with E-state index in [0.29, 0.717) is 34.7 Å². The van der Waals surface area contributed by atoms with Gasteiger partial charge in [-0.25, -0.2) is 9.78 Å². The Kier molecular flexibility index (Phi) is 6.36. The maximum Gasteiger partial charge on any atom is 0.336 e. The van der Waals surface area contributed by atoms with Gasteiger partial charge in [0.05, 0.1) is 30.5 Å². The summed E-state index contributed by atoms with van der Waals surface area (Å²) in [5.41, 5.74) is 4.48. The number of aryl methyl sites for hydroxylation is 2. The first-order valence-electron chi connectivity index (χ1n) is 10.6. The highest BCUT2D eigenvalue weighted by Gasteiger charge is 2.15. The zero-order chi connectivity index (χ0) is 22.5. The van der Waals surface area contributed by atoms with Crippen molar-refractivity contribution in [3.05, 3.63) is 89.5 Å². The Labute approximate surface area is 187 Å². The average molecular weight is 428 g/mol. The number of pyridine rings is 1. The van der Waals surface area contributed by atoms with E-state index in [1.165, 1.54) is 5.56 Å². The van der Waals surface area contributed by atoms with Crippen LogP contribution in [-0.2, 0) is 6.42 Å². The fourth-order valence-corrected chi connectivity index (χ4v) is 3.77. The van der Waals surface area contributed by atoms with Crippen LogP contribution in [0, 0.1) is 6.92 Å². The van der Waals surface area contributed by atoms with Crippen molar-refractivity contribution in [3.63, 3.8) is 0 Å². The molecule has 0 fully saturated rings. The number of methoxy groups -OCH3 is 1. The highest BCUT2D eigenvalue weighted by atomic mass is 16.5. The van der Waals surface area contributed by atoms with Crippen LogP contribution in [0.25, 0.3) is 22.2 Å². The summed E-state index contributed by atoms with van der Waals surface area (Å²) in [5, 5.41) is 10.4. The lowest BCUT2D eigenvalue weighted by molar-refractivity contribution is 0.0699. The smallest absolute Gasteiger partial charge is 0.336 e. The van der Waals surface area contributed by atoms with Crippen molar-refractivity contribution < 1.29 is 19.4 Å². The van der Waals surface area contributed by atoms with Crippen LogP contribution < -0.4 is 9.47 Å². The molecule has 0 amide bonds. The van der Waals surface area contributed by atoms with Gasteiger partial charge < -0.3 is 14.6 Å². The topological polar surface area (TPSA) is 68.7 Å². The normalized spacial score (nSPS) is 10.8. The first-order valence-corrected chi connectivity index (χ1v) is 10.6. The van der Waals surface area contributed by atoms with Crippen molar-refractivity contribution in [1.29, 1.82) is 0 Å². The van der Waals surface area contributed by atoms with E-state index < -0.39 is 5.97 Å². The second kappa shape index (κ2) is 9.52. The molecule has 32 heavy (non-hydrogen) atoms. The fourth-order valence-electron chi connectivity index (χ4n) is 3.77. The number of benzene rings is 3. The molecule has 0 unspecified atom stereocenters. The maximum absolute atomic E-state index is 11.9. The van der Waals surface area contributed by atoms with Gasteiger partial charge in [0.15, 0.2) is 11.5 Å². The van der Waals surface area contributed by atoms with Gasteiger partial charge in [-0.1, -0.05) is 48.5 Å². The molecule has 0 saturated heterocycles. The third-order valence-corrected chi connectivity index (χ3v) is 5.44. The molecular formula is C27H25NO4. The van der Waals surface area contributed by atoms with Crippen LogP contribution in [0.5, 0.6) is 11.5 Å². The Balaban J connectivity index is 1.58. The number of aromatic nitrogens is 1. The summed E-state index contributed by atoms with van der Waals surface area (Å²) in [7, 11) is 1.59. The van der Waals surface area contributed by atoms with Crippen molar-refractivity contribution in [2.75, 3.05) is 13.7 Å². The second-order valence-electron chi connectivity index (χ2n) is 7.63. The summed E-state index contributed by atoms with van der Waals surface area (Å²) in [6, 6.07) is 23.0. The maximum atomic E-state index is 11.9. The average Bonchev–Trinajstić information content (AvgIpc) is 2.82. The number of carbonyl (C=O) groups is 1. The van der Waals surface area contributed by atoms with Gasteiger partial charge in [0.25, 0.3) is 0 Å². The van der Waals surface area contributed by atoms with Crippen molar-refractivity contribution in [3.8, 4) is 22.8 Å². The standard InChI is InChI=1S/C27H25NO4/c1-18-8-6-12-21-22(27(29)30)17-23(28-26(18)21)20-13-14-24(25(16-20)31-2)32-15-7-11-19-9-4-3-5-10-19/h3-6,8-10,12-14,16-17H,7,11,15H2,1-2H3,(H,29,30). The number of nitrogens with zero attached hydrogens (tertiary/aromatic N) is 1. The molecule has 0 atom stereocenters. The van der Waals surface area contributed by atoms with Gasteiger partial charge in [0, 0.05) is 10.9 Å². The van der Waals surface area contributed by atoms with E-state index in [4.69, 9.17) is 14.5 Å². The SMILES string of the molecule is COc1cc(-c2cc(C(=O)O)c3cccc(C)c3n2)ccc1OCCCc1ccccc1. The van der Waals surface area contributed by atoms with Crippen LogP contribution >= 0.6 is 0 Å². The van der Waals surface area contributed by atoms with Crippen LogP contribution in [0.3, 0.4) is 0 Å². The molecule has 0 aliphatic rings. The number of para-hydroxylation sites is 1. The lowest BCUT2D eigenvalue weighted by Crippen LogP contribution is -2.02. The number of fused-ring (bicyclic) bond motifs is 1. The first-order chi connectivity index (χ1) is 15.6. The van der Waals surface area contributed by atoms with Crippen LogP contribution in [0.4, 0.5) is 0 Å². The number of carboxylic acids is 1. The van der Waals surface area contributed by atoms with Crippen LogP contribution in [0.15, 0.2) is 72.8 Å². The molecule has 3 aromatic carbocycles. The molecule has 1 aromatic heterocycles. The van der Waals surface area contributed by atoms with E-state index >= 15 is 0 Å². The quantitative estimate of drug-likeness (QED) is 0.353. The Morgan fingerprint density at radius 3 is 2.53 bits per heavy atom. The number of rotatable bonds is 8. The molecule has 0 spiro atoms. The molecule has 1 heterocycles. The predicted molar refractivity (Wildman–Crippen MR) is 126 cm³/mol. The third-order valence-electron chi connectivity index (χ3n) is 5.44. The van der Waals surface area contributed by atoms with Gasteiger partial charge in [-0.3, -0.25) is 0 Å². The van der Waals surface area contributed by atoms with Crippen molar-refractivity contribution in [1.82, 2.24) is 4.98 Å². The Morgan fingerprint density at radius 1 is 0.969 bits per heavy atom. The van der Waals surface area contributed by atoms with Gasteiger partial charge in [-0.05, 0) is 55.2 Å². The Hall–Kier alpha value is -3.86. The molecule has 1 N–H and O–H groups in total. The van der Waals surface area contributed by atoms with Gasteiger partial charge >= 0.3 is 5.97 Å². The molecule has 5 heteroatoms. The number of aromatic carboxylic acids is 1. The highest BCUT2D eigenvalue weighted by Crippen LogP contribution is 2.34.